The average molecular weight is 341 g/mol. The van der Waals surface area contributed by atoms with Crippen molar-refractivity contribution in [2.75, 3.05) is 13.1 Å². The third-order valence-electron chi connectivity index (χ3n) is 4.39. The minimum atomic E-state index is -0.0114. The number of aromatic nitrogens is 4. The van der Waals surface area contributed by atoms with Gasteiger partial charge in [0.2, 0.25) is 0 Å². The summed E-state index contributed by atoms with van der Waals surface area (Å²) in [7, 11) is 0. The van der Waals surface area contributed by atoms with E-state index in [9.17, 15) is 4.79 Å². The van der Waals surface area contributed by atoms with Crippen LogP contribution < -0.4 is 0 Å². The van der Waals surface area contributed by atoms with Crippen LogP contribution in [0.25, 0.3) is 10.6 Å². The number of hydrogen-bond donors (Lipinski definition) is 1. The Balaban J connectivity index is 1.50. The molecule has 4 heterocycles. The molecule has 1 N–H and O–H groups in total. The molecule has 0 spiro atoms. The number of nitrogens with one attached hydrogen (secondary N) is 1. The Labute approximate surface area is 144 Å². The number of hydrogen-bond acceptors (Lipinski definition) is 4. The van der Waals surface area contributed by atoms with Crippen LogP contribution in [-0.2, 0) is 0 Å². The summed E-state index contributed by atoms with van der Waals surface area (Å²) in [5.74, 6) is -0.0114. The highest BCUT2D eigenvalue weighted by atomic mass is 32.1. The molecule has 0 bridgehead atoms. The van der Waals surface area contributed by atoms with Gasteiger partial charge < -0.3 is 4.90 Å². The first-order chi connectivity index (χ1) is 11.7. The van der Waals surface area contributed by atoms with Crippen LogP contribution in [0.3, 0.4) is 0 Å². The van der Waals surface area contributed by atoms with E-state index in [-0.39, 0.29) is 11.9 Å². The Kier molecular flexibility index (Phi) is 3.93. The summed E-state index contributed by atoms with van der Waals surface area (Å²) >= 11 is 1.69. The molecule has 3 aromatic rings. The van der Waals surface area contributed by atoms with Crippen molar-refractivity contribution >= 4 is 17.2 Å². The highest BCUT2D eigenvalue weighted by Crippen LogP contribution is 2.27. The third-order valence-corrected chi connectivity index (χ3v) is 5.42. The molecular formula is C17H19N5OS. The molecule has 1 aliphatic rings. The lowest BCUT2D eigenvalue weighted by molar-refractivity contribution is 0.0667. The van der Waals surface area contributed by atoms with Gasteiger partial charge >= 0.3 is 0 Å². The van der Waals surface area contributed by atoms with Gasteiger partial charge in [-0.2, -0.15) is 10.2 Å². The maximum atomic E-state index is 12.8. The summed E-state index contributed by atoms with van der Waals surface area (Å²) in [5.41, 5.74) is 1.38. The summed E-state index contributed by atoms with van der Waals surface area (Å²) < 4.78 is 1.95. The van der Waals surface area contributed by atoms with Gasteiger partial charge in [-0.3, -0.25) is 14.6 Å². The number of amides is 1. The second-order valence-electron chi connectivity index (χ2n) is 6.11. The first-order valence-electron chi connectivity index (χ1n) is 8.11. The lowest BCUT2D eigenvalue weighted by Crippen LogP contribution is -2.41. The van der Waals surface area contributed by atoms with Crippen molar-refractivity contribution in [1.82, 2.24) is 24.9 Å². The molecule has 7 heteroatoms. The standard InChI is InChI=1S/C17H19N5OS/c1-12-5-6-16(24-12)14-10-15(20-19-14)17(23)21-8-2-4-13(11-21)22-9-3-7-18-22/h3,5-7,9-10,13H,2,4,8,11H2,1H3,(H,19,20). The van der Waals surface area contributed by atoms with Crippen molar-refractivity contribution in [2.24, 2.45) is 0 Å². The topological polar surface area (TPSA) is 66.8 Å². The normalized spacial score (nSPS) is 18.0. The highest BCUT2D eigenvalue weighted by Gasteiger charge is 2.27. The number of rotatable bonds is 3. The molecule has 0 radical (unpaired) electrons. The Morgan fingerprint density at radius 3 is 3.08 bits per heavy atom. The van der Waals surface area contributed by atoms with Crippen LogP contribution in [0, 0.1) is 6.92 Å². The summed E-state index contributed by atoms with van der Waals surface area (Å²) in [5, 5.41) is 11.5. The SMILES string of the molecule is Cc1ccc(-c2cc(C(=O)N3CCCC(n4cccn4)C3)n[nH]2)s1. The molecule has 1 fully saturated rings. The van der Waals surface area contributed by atoms with E-state index in [0.29, 0.717) is 12.2 Å². The van der Waals surface area contributed by atoms with Crippen LogP contribution in [-0.4, -0.2) is 43.9 Å². The number of carbonyl (C=O) groups excluding carboxylic acids is 1. The number of carbonyl (C=O) groups is 1. The summed E-state index contributed by atoms with van der Waals surface area (Å²) in [6, 6.07) is 8.14. The second-order valence-corrected chi connectivity index (χ2v) is 7.40. The zero-order valence-corrected chi connectivity index (χ0v) is 14.3. The predicted octanol–water partition coefficient (Wildman–Crippen LogP) is 3.12. The number of aryl methyl sites for hydroxylation is 1. The van der Waals surface area contributed by atoms with Crippen molar-refractivity contribution in [3.8, 4) is 10.6 Å². The maximum Gasteiger partial charge on any atom is 0.274 e. The van der Waals surface area contributed by atoms with E-state index in [1.54, 1.807) is 17.5 Å². The fraction of sp³-hybridized carbons (Fsp3) is 0.353. The van der Waals surface area contributed by atoms with E-state index in [4.69, 9.17) is 0 Å². The minimum absolute atomic E-state index is 0.0114. The highest BCUT2D eigenvalue weighted by molar-refractivity contribution is 7.15. The summed E-state index contributed by atoms with van der Waals surface area (Å²) in [6.07, 6.45) is 5.78. The van der Waals surface area contributed by atoms with Crippen molar-refractivity contribution in [1.29, 1.82) is 0 Å². The Hall–Kier alpha value is -2.41. The molecule has 1 atom stereocenters. The largest absolute Gasteiger partial charge is 0.335 e. The van der Waals surface area contributed by atoms with Gasteiger partial charge in [-0.05, 0) is 44.0 Å². The van der Waals surface area contributed by atoms with Crippen molar-refractivity contribution in [3.63, 3.8) is 0 Å². The van der Waals surface area contributed by atoms with Gasteiger partial charge in [0.15, 0.2) is 5.69 Å². The van der Waals surface area contributed by atoms with Crippen LogP contribution in [0.1, 0.15) is 34.2 Å². The van der Waals surface area contributed by atoms with Gasteiger partial charge in [0.05, 0.1) is 16.6 Å². The maximum absolute atomic E-state index is 12.8. The van der Waals surface area contributed by atoms with Crippen LogP contribution in [0.15, 0.2) is 36.7 Å². The van der Waals surface area contributed by atoms with Gasteiger partial charge in [0, 0.05) is 30.4 Å². The second kappa shape index (κ2) is 6.24. The van der Waals surface area contributed by atoms with E-state index in [2.05, 4.69) is 34.4 Å². The van der Waals surface area contributed by atoms with Crippen molar-refractivity contribution in [3.05, 3.63) is 47.2 Å². The molecule has 4 rings (SSSR count). The van der Waals surface area contributed by atoms with E-state index in [0.717, 1.165) is 30.0 Å². The van der Waals surface area contributed by atoms with Crippen LogP contribution in [0.5, 0.6) is 0 Å². The Morgan fingerprint density at radius 2 is 2.33 bits per heavy atom. The molecule has 124 valence electrons. The lowest BCUT2D eigenvalue weighted by Gasteiger charge is -2.32. The fourth-order valence-electron chi connectivity index (χ4n) is 3.15. The molecule has 0 aromatic carbocycles. The van der Waals surface area contributed by atoms with Crippen LogP contribution in [0.4, 0.5) is 0 Å². The smallest absolute Gasteiger partial charge is 0.274 e. The molecule has 1 amide bonds. The molecule has 0 saturated carbocycles. The molecule has 3 aromatic heterocycles. The number of piperidine rings is 1. The van der Waals surface area contributed by atoms with Gasteiger partial charge in [0.25, 0.3) is 5.91 Å². The third kappa shape index (κ3) is 2.87. The average Bonchev–Trinajstić information content (AvgIpc) is 3.35. The molecule has 1 aliphatic heterocycles. The molecule has 24 heavy (non-hydrogen) atoms. The number of thiophene rings is 1. The zero-order chi connectivity index (χ0) is 16.5. The Bertz CT molecular complexity index is 835. The van der Waals surface area contributed by atoms with Gasteiger partial charge in [-0.1, -0.05) is 0 Å². The molecule has 1 unspecified atom stereocenters. The molecule has 1 saturated heterocycles. The van der Waals surface area contributed by atoms with E-state index >= 15 is 0 Å². The monoisotopic (exact) mass is 341 g/mol. The predicted molar refractivity (Wildman–Crippen MR) is 93.0 cm³/mol. The molecular weight excluding hydrogens is 322 g/mol. The van der Waals surface area contributed by atoms with E-state index in [1.165, 1.54) is 4.88 Å². The van der Waals surface area contributed by atoms with Gasteiger partial charge in [0.1, 0.15) is 0 Å². The lowest BCUT2D eigenvalue weighted by atomic mass is 10.1. The molecule has 6 nitrogen and oxygen atoms in total. The number of likely N-dealkylation sites (tertiary alicyclic amines) is 1. The first kappa shape index (κ1) is 15.1. The zero-order valence-electron chi connectivity index (χ0n) is 13.5. The number of nitrogens with zero attached hydrogens (tertiary/aromatic N) is 4. The fourth-order valence-corrected chi connectivity index (χ4v) is 3.98. The summed E-state index contributed by atoms with van der Waals surface area (Å²) in [6.45, 7) is 3.53. The number of aromatic amines is 1. The van der Waals surface area contributed by atoms with E-state index in [1.807, 2.05) is 27.9 Å². The van der Waals surface area contributed by atoms with Crippen LogP contribution >= 0.6 is 11.3 Å². The van der Waals surface area contributed by atoms with Crippen molar-refractivity contribution < 1.29 is 4.79 Å². The molecule has 0 aliphatic carbocycles. The van der Waals surface area contributed by atoms with Crippen LogP contribution in [0.2, 0.25) is 0 Å². The summed E-state index contributed by atoms with van der Waals surface area (Å²) in [4.78, 5) is 17.0. The minimum Gasteiger partial charge on any atom is -0.335 e. The first-order valence-corrected chi connectivity index (χ1v) is 8.93. The van der Waals surface area contributed by atoms with Gasteiger partial charge in [-0.15, -0.1) is 11.3 Å². The van der Waals surface area contributed by atoms with Gasteiger partial charge in [-0.25, -0.2) is 0 Å². The Morgan fingerprint density at radius 1 is 1.42 bits per heavy atom. The number of H-pyrrole nitrogens is 1. The van der Waals surface area contributed by atoms with Crippen molar-refractivity contribution in [2.45, 2.75) is 25.8 Å². The quantitative estimate of drug-likeness (QED) is 0.796. The van der Waals surface area contributed by atoms with E-state index < -0.39 is 0 Å².